The lowest BCUT2D eigenvalue weighted by molar-refractivity contribution is 0.147. The molecule has 0 aliphatic carbocycles. The molecule has 19 heavy (non-hydrogen) atoms. The fourth-order valence-electron chi connectivity index (χ4n) is 1.84. The lowest BCUT2D eigenvalue weighted by atomic mass is 10.1. The van der Waals surface area contributed by atoms with Crippen LogP contribution < -0.4 is 5.32 Å². The third-order valence-electron chi connectivity index (χ3n) is 3.03. The van der Waals surface area contributed by atoms with E-state index in [4.69, 9.17) is 4.74 Å². The van der Waals surface area contributed by atoms with Crippen molar-refractivity contribution in [2.45, 2.75) is 44.6 Å². The van der Waals surface area contributed by atoms with Gasteiger partial charge in [0.25, 0.3) is 0 Å². The largest absolute Gasteiger partial charge is 0.381 e. The minimum absolute atomic E-state index is 0.432. The molecule has 2 nitrogen and oxygen atoms in total. The third-order valence-corrected chi connectivity index (χ3v) is 4.01. The monoisotopic (exact) mass is 281 g/mol. The molecule has 0 bridgehead atoms. The maximum Gasteiger partial charge on any atom is 0.0560 e. The second-order valence-electron chi connectivity index (χ2n) is 4.66. The molecule has 0 aromatic heterocycles. The van der Waals surface area contributed by atoms with Crippen LogP contribution in [-0.2, 0) is 4.74 Å². The number of ether oxygens (including phenoxy) is 1. The molecule has 0 radical (unpaired) electrons. The Bertz CT molecular complexity index is 326. The zero-order valence-corrected chi connectivity index (χ0v) is 13.3. The number of benzene rings is 1. The van der Waals surface area contributed by atoms with Gasteiger partial charge in [-0.1, -0.05) is 32.4 Å². The van der Waals surface area contributed by atoms with E-state index in [0.717, 1.165) is 25.5 Å². The van der Waals surface area contributed by atoms with Crippen LogP contribution in [0.25, 0.3) is 0 Å². The molecule has 0 amide bonds. The minimum Gasteiger partial charge on any atom is -0.381 e. The van der Waals surface area contributed by atoms with Crippen LogP contribution in [0.3, 0.4) is 0 Å². The van der Waals surface area contributed by atoms with Gasteiger partial charge in [-0.05, 0) is 37.6 Å². The molecule has 108 valence electrons. The van der Waals surface area contributed by atoms with E-state index in [0.29, 0.717) is 6.04 Å². The summed E-state index contributed by atoms with van der Waals surface area (Å²) in [5.74, 6) is 1.03. The van der Waals surface area contributed by atoms with E-state index in [1.807, 2.05) is 11.8 Å². The van der Waals surface area contributed by atoms with Gasteiger partial charge in [0.1, 0.15) is 0 Å². The normalized spacial score (nSPS) is 12.6. The molecule has 1 aromatic carbocycles. The molecule has 0 heterocycles. The molecule has 0 aliphatic heterocycles. The Kier molecular flexibility index (Phi) is 8.97. The van der Waals surface area contributed by atoms with Crippen LogP contribution in [0.5, 0.6) is 0 Å². The highest BCUT2D eigenvalue weighted by Gasteiger charge is 2.03. The van der Waals surface area contributed by atoms with E-state index in [-0.39, 0.29) is 0 Å². The number of hydrogen-bond donors (Lipinski definition) is 1. The Morgan fingerprint density at radius 1 is 1.16 bits per heavy atom. The number of unbranched alkanes of at least 4 members (excludes halogenated alkanes) is 1. The summed E-state index contributed by atoms with van der Waals surface area (Å²) in [4.78, 5) is 1.33. The van der Waals surface area contributed by atoms with E-state index in [9.17, 15) is 0 Å². The van der Waals surface area contributed by atoms with Crippen molar-refractivity contribution in [3.63, 3.8) is 0 Å². The molecular formula is C16H27NOS. The summed E-state index contributed by atoms with van der Waals surface area (Å²) in [5, 5.41) is 3.43. The summed E-state index contributed by atoms with van der Waals surface area (Å²) in [6.07, 6.45) is 2.38. The van der Waals surface area contributed by atoms with Gasteiger partial charge in [0.2, 0.25) is 0 Å². The van der Waals surface area contributed by atoms with Crippen molar-refractivity contribution in [2.75, 3.05) is 25.5 Å². The smallest absolute Gasteiger partial charge is 0.0560 e. The molecular weight excluding hydrogens is 254 g/mol. The van der Waals surface area contributed by atoms with Crippen LogP contribution in [0.2, 0.25) is 0 Å². The number of rotatable bonds is 10. The van der Waals surface area contributed by atoms with Gasteiger partial charge < -0.3 is 10.1 Å². The summed E-state index contributed by atoms with van der Waals surface area (Å²) in [6.45, 7) is 9.28. The van der Waals surface area contributed by atoms with Gasteiger partial charge in [-0.25, -0.2) is 0 Å². The van der Waals surface area contributed by atoms with Crippen LogP contribution in [0, 0.1) is 0 Å². The Hall–Kier alpha value is -0.510. The van der Waals surface area contributed by atoms with Crippen LogP contribution in [-0.4, -0.2) is 25.5 Å². The van der Waals surface area contributed by atoms with E-state index < -0.39 is 0 Å². The highest BCUT2D eigenvalue weighted by Crippen LogP contribution is 2.20. The topological polar surface area (TPSA) is 21.3 Å². The zero-order valence-electron chi connectivity index (χ0n) is 12.4. The van der Waals surface area contributed by atoms with Crippen LogP contribution >= 0.6 is 11.8 Å². The minimum atomic E-state index is 0.432. The van der Waals surface area contributed by atoms with Crippen LogP contribution in [0.15, 0.2) is 29.2 Å². The van der Waals surface area contributed by atoms with Crippen molar-refractivity contribution in [1.82, 2.24) is 5.32 Å². The van der Waals surface area contributed by atoms with Crippen LogP contribution in [0.4, 0.5) is 0 Å². The maximum atomic E-state index is 5.56. The highest BCUT2D eigenvalue weighted by molar-refractivity contribution is 7.99. The van der Waals surface area contributed by atoms with Gasteiger partial charge in [-0.3, -0.25) is 0 Å². The standard InChI is InChI=1S/C16H27NOS/c1-4-6-11-18-12-13-19-16-9-7-15(8-10-16)14(3)17-5-2/h7-10,14,17H,4-6,11-13H2,1-3H3. The van der Waals surface area contributed by atoms with Crippen molar-refractivity contribution in [3.8, 4) is 0 Å². The van der Waals surface area contributed by atoms with Gasteiger partial charge in [0.15, 0.2) is 0 Å². The molecule has 3 heteroatoms. The average molecular weight is 281 g/mol. The number of hydrogen-bond acceptors (Lipinski definition) is 3. The van der Waals surface area contributed by atoms with Crippen molar-refractivity contribution >= 4 is 11.8 Å². The highest BCUT2D eigenvalue weighted by atomic mass is 32.2. The van der Waals surface area contributed by atoms with Crippen molar-refractivity contribution < 1.29 is 4.74 Å². The quantitative estimate of drug-likeness (QED) is 0.511. The fourth-order valence-corrected chi connectivity index (χ4v) is 2.61. The summed E-state index contributed by atoms with van der Waals surface area (Å²) in [5.41, 5.74) is 1.35. The summed E-state index contributed by atoms with van der Waals surface area (Å²) >= 11 is 1.87. The Labute approximate surface area is 122 Å². The molecule has 1 aromatic rings. The fraction of sp³-hybridized carbons (Fsp3) is 0.625. The van der Waals surface area contributed by atoms with Crippen molar-refractivity contribution in [2.24, 2.45) is 0 Å². The number of thioether (sulfide) groups is 1. The van der Waals surface area contributed by atoms with Gasteiger partial charge in [0, 0.05) is 23.3 Å². The van der Waals surface area contributed by atoms with E-state index in [2.05, 4.69) is 50.4 Å². The van der Waals surface area contributed by atoms with Gasteiger partial charge in [-0.15, -0.1) is 11.8 Å². The SMILES string of the molecule is CCCCOCCSc1ccc(C(C)NCC)cc1. The Balaban J connectivity index is 2.24. The first-order chi connectivity index (χ1) is 9.27. The van der Waals surface area contributed by atoms with Gasteiger partial charge >= 0.3 is 0 Å². The first-order valence-electron chi connectivity index (χ1n) is 7.31. The number of nitrogens with one attached hydrogen (secondary N) is 1. The second-order valence-corrected chi connectivity index (χ2v) is 5.83. The summed E-state index contributed by atoms with van der Waals surface area (Å²) in [7, 11) is 0. The zero-order chi connectivity index (χ0) is 13.9. The molecule has 0 saturated carbocycles. The third kappa shape index (κ3) is 7.00. The van der Waals surface area contributed by atoms with E-state index in [1.165, 1.54) is 23.3 Å². The predicted molar refractivity (Wildman–Crippen MR) is 85.0 cm³/mol. The Morgan fingerprint density at radius 3 is 2.53 bits per heavy atom. The molecule has 0 saturated heterocycles. The van der Waals surface area contributed by atoms with Crippen molar-refractivity contribution in [1.29, 1.82) is 0 Å². The first kappa shape index (κ1) is 16.5. The molecule has 1 rings (SSSR count). The molecule has 1 unspecified atom stereocenters. The maximum absolute atomic E-state index is 5.56. The molecule has 0 fully saturated rings. The average Bonchev–Trinajstić information content (AvgIpc) is 2.43. The van der Waals surface area contributed by atoms with E-state index >= 15 is 0 Å². The second kappa shape index (κ2) is 10.3. The molecule has 0 aliphatic rings. The van der Waals surface area contributed by atoms with Gasteiger partial charge in [0.05, 0.1) is 6.61 Å². The summed E-state index contributed by atoms with van der Waals surface area (Å²) in [6, 6.07) is 9.28. The van der Waals surface area contributed by atoms with E-state index in [1.54, 1.807) is 0 Å². The molecule has 1 N–H and O–H groups in total. The van der Waals surface area contributed by atoms with Gasteiger partial charge in [-0.2, -0.15) is 0 Å². The molecule has 0 spiro atoms. The Morgan fingerprint density at radius 2 is 1.89 bits per heavy atom. The summed E-state index contributed by atoms with van der Waals surface area (Å²) < 4.78 is 5.56. The van der Waals surface area contributed by atoms with Crippen molar-refractivity contribution in [3.05, 3.63) is 29.8 Å². The lowest BCUT2D eigenvalue weighted by Crippen LogP contribution is -2.17. The first-order valence-corrected chi connectivity index (χ1v) is 8.30. The molecule has 1 atom stereocenters. The predicted octanol–water partition coefficient (Wildman–Crippen LogP) is 4.27. The lowest BCUT2D eigenvalue weighted by Gasteiger charge is -2.13. The van der Waals surface area contributed by atoms with Crippen LogP contribution in [0.1, 0.15) is 45.2 Å².